The fraction of sp³-hybridized carbons (Fsp3) is 0.579. The van der Waals surface area contributed by atoms with Gasteiger partial charge in [0.2, 0.25) is 0 Å². The molecule has 0 unspecified atom stereocenters. The van der Waals surface area contributed by atoms with Crippen LogP contribution >= 0.6 is 11.6 Å². The van der Waals surface area contributed by atoms with Crippen molar-refractivity contribution in [2.45, 2.75) is 32.8 Å². The maximum Gasteiger partial charge on any atom is 0.410 e. The summed E-state index contributed by atoms with van der Waals surface area (Å²) in [6, 6.07) is 7.16. The van der Waals surface area contributed by atoms with E-state index in [4.69, 9.17) is 21.1 Å². The molecule has 0 aliphatic carbocycles. The second-order valence-electron chi connectivity index (χ2n) is 7.32. The van der Waals surface area contributed by atoms with Crippen molar-refractivity contribution in [1.82, 2.24) is 15.1 Å². The molecular weight excluding hydrogens is 370 g/mol. The number of nitrogens with zero attached hydrogens (tertiary/aromatic N) is 2. The fourth-order valence-electron chi connectivity index (χ4n) is 2.54. The molecule has 0 spiro atoms. The SMILES string of the molecule is CC(C)(C)OC(=O)N1CCN(C(=O)NCCCOc2ccccc2Cl)CC1. The first-order valence-electron chi connectivity index (χ1n) is 9.14. The van der Waals surface area contributed by atoms with Gasteiger partial charge in [0.05, 0.1) is 11.6 Å². The van der Waals surface area contributed by atoms with Crippen LogP contribution in [0.4, 0.5) is 9.59 Å². The number of hydrogen-bond donors (Lipinski definition) is 1. The lowest BCUT2D eigenvalue weighted by molar-refractivity contribution is 0.0170. The van der Waals surface area contributed by atoms with Crippen molar-refractivity contribution in [1.29, 1.82) is 0 Å². The molecule has 2 rings (SSSR count). The molecule has 1 aliphatic heterocycles. The minimum atomic E-state index is -0.516. The summed E-state index contributed by atoms with van der Waals surface area (Å²) in [4.78, 5) is 27.6. The molecule has 0 bridgehead atoms. The van der Waals surface area contributed by atoms with Crippen molar-refractivity contribution >= 4 is 23.7 Å². The lowest BCUT2D eigenvalue weighted by atomic mass is 10.2. The fourth-order valence-corrected chi connectivity index (χ4v) is 2.73. The third-order valence-electron chi connectivity index (χ3n) is 3.91. The molecule has 0 saturated carbocycles. The Hall–Kier alpha value is -2.15. The van der Waals surface area contributed by atoms with Crippen molar-refractivity contribution < 1.29 is 19.1 Å². The maximum atomic E-state index is 12.2. The van der Waals surface area contributed by atoms with Crippen molar-refractivity contribution in [3.63, 3.8) is 0 Å². The van der Waals surface area contributed by atoms with Crippen LogP contribution in [0, 0.1) is 0 Å². The van der Waals surface area contributed by atoms with Crippen molar-refractivity contribution in [3.8, 4) is 5.75 Å². The highest BCUT2D eigenvalue weighted by atomic mass is 35.5. The predicted molar refractivity (Wildman–Crippen MR) is 104 cm³/mol. The average molecular weight is 398 g/mol. The first kappa shape index (κ1) is 21.2. The Morgan fingerprint density at radius 2 is 1.74 bits per heavy atom. The molecule has 1 heterocycles. The van der Waals surface area contributed by atoms with Gasteiger partial charge in [0, 0.05) is 32.7 Å². The summed E-state index contributed by atoms with van der Waals surface area (Å²) in [5.41, 5.74) is -0.516. The van der Waals surface area contributed by atoms with E-state index in [1.54, 1.807) is 15.9 Å². The van der Waals surface area contributed by atoms with E-state index in [1.807, 2.05) is 39.0 Å². The van der Waals surface area contributed by atoms with Gasteiger partial charge in [-0.15, -0.1) is 0 Å². The lowest BCUT2D eigenvalue weighted by Gasteiger charge is -2.35. The highest BCUT2D eigenvalue weighted by Crippen LogP contribution is 2.23. The summed E-state index contributed by atoms with van der Waals surface area (Å²) in [5, 5.41) is 3.45. The monoisotopic (exact) mass is 397 g/mol. The van der Waals surface area contributed by atoms with Crippen LogP contribution in [0.2, 0.25) is 5.02 Å². The number of amides is 3. The summed E-state index contributed by atoms with van der Waals surface area (Å²) in [5.74, 6) is 0.642. The van der Waals surface area contributed by atoms with Crippen LogP contribution in [0.5, 0.6) is 5.75 Å². The molecule has 0 radical (unpaired) electrons. The number of piperazine rings is 1. The third-order valence-corrected chi connectivity index (χ3v) is 4.22. The molecule has 1 aromatic rings. The highest BCUT2D eigenvalue weighted by Gasteiger charge is 2.27. The molecule has 1 fully saturated rings. The standard InChI is InChI=1S/C19H28ClN3O4/c1-19(2,3)27-18(25)23-12-10-22(11-13-23)17(24)21-9-6-14-26-16-8-5-4-7-15(16)20/h4-5,7-8H,6,9-14H2,1-3H3,(H,21,24). The van der Waals surface area contributed by atoms with Gasteiger partial charge < -0.3 is 24.6 Å². The van der Waals surface area contributed by atoms with Gasteiger partial charge in [0.1, 0.15) is 11.4 Å². The number of hydrogen-bond acceptors (Lipinski definition) is 4. The average Bonchev–Trinajstić information content (AvgIpc) is 2.61. The minimum absolute atomic E-state index is 0.128. The number of benzene rings is 1. The zero-order valence-electron chi connectivity index (χ0n) is 16.2. The van der Waals surface area contributed by atoms with Crippen molar-refractivity contribution in [3.05, 3.63) is 29.3 Å². The normalized spacial score (nSPS) is 14.7. The third kappa shape index (κ3) is 7.17. The minimum Gasteiger partial charge on any atom is -0.492 e. The highest BCUT2D eigenvalue weighted by molar-refractivity contribution is 6.32. The number of nitrogens with one attached hydrogen (secondary N) is 1. The molecular formula is C19H28ClN3O4. The van der Waals surface area contributed by atoms with E-state index in [9.17, 15) is 9.59 Å². The van der Waals surface area contributed by atoms with Crippen LogP contribution in [-0.2, 0) is 4.74 Å². The van der Waals surface area contributed by atoms with Crippen LogP contribution in [0.25, 0.3) is 0 Å². The van der Waals surface area contributed by atoms with Crippen molar-refractivity contribution in [2.24, 2.45) is 0 Å². The quantitative estimate of drug-likeness (QED) is 0.773. The van der Waals surface area contributed by atoms with Gasteiger partial charge in [-0.1, -0.05) is 23.7 Å². The Balaban J connectivity index is 1.62. The Labute approximate surface area is 165 Å². The van der Waals surface area contributed by atoms with E-state index in [0.717, 1.165) is 0 Å². The van der Waals surface area contributed by atoms with E-state index in [0.29, 0.717) is 56.5 Å². The van der Waals surface area contributed by atoms with Gasteiger partial charge >= 0.3 is 12.1 Å². The summed E-state index contributed by atoms with van der Waals surface area (Å²) in [7, 11) is 0. The number of rotatable bonds is 5. The molecule has 1 aromatic carbocycles. The van der Waals surface area contributed by atoms with Gasteiger partial charge in [0.15, 0.2) is 0 Å². The summed E-state index contributed by atoms with van der Waals surface area (Å²) in [6.07, 6.45) is 0.341. The van der Waals surface area contributed by atoms with Crippen LogP contribution < -0.4 is 10.1 Å². The first-order valence-corrected chi connectivity index (χ1v) is 9.52. The topological polar surface area (TPSA) is 71.1 Å². The Morgan fingerprint density at radius 1 is 1.11 bits per heavy atom. The van der Waals surface area contributed by atoms with E-state index < -0.39 is 5.60 Å². The molecule has 8 heteroatoms. The van der Waals surface area contributed by atoms with E-state index in [1.165, 1.54) is 0 Å². The smallest absolute Gasteiger partial charge is 0.410 e. The van der Waals surface area contributed by atoms with E-state index >= 15 is 0 Å². The van der Waals surface area contributed by atoms with Crippen LogP contribution in [-0.4, -0.2) is 66.9 Å². The lowest BCUT2D eigenvalue weighted by Crippen LogP contribution is -2.54. The van der Waals surface area contributed by atoms with Crippen LogP contribution in [0.3, 0.4) is 0 Å². The molecule has 150 valence electrons. The molecule has 7 nitrogen and oxygen atoms in total. The zero-order chi connectivity index (χ0) is 19.9. The second kappa shape index (κ2) is 9.69. The van der Waals surface area contributed by atoms with Gasteiger partial charge in [-0.3, -0.25) is 0 Å². The Kier molecular flexibility index (Phi) is 7.59. The maximum absolute atomic E-state index is 12.2. The van der Waals surface area contributed by atoms with Gasteiger partial charge in [-0.2, -0.15) is 0 Å². The molecule has 1 aliphatic rings. The van der Waals surface area contributed by atoms with Gasteiger partial charge in [0.25, 0.3) is 0 Å². The second-order valence-corrected chi connectivity index (χ2v) is 7.73. The van der Waals surface area contributed by atoms with Crippen LogP contribution in [0.15, 0.2) is 24.3 Å². The number of ether oxygens (including phenoxy) is 2. The zero-order valence-corrected chi connectivity index (χ0v) is 16.9. The molecule has 1 saturated heterocycles. The summed E-state index contributed by atoms with van der Waals surface area (Å²) >= 11 is 6.02. The number of urea groups is 1. The first-order chi connectivity index (χ1) is 12.8. The molecule has 1 N–H and O–H groups in total. The van der Waals surface area contributed by atoms with Gasteiger partial charge in [-0.05, 0) is 39.3 Å². The van der Waals surface area contributed by atoms with Crippen molar-refractivity contribution in [2.75, 3.05) is 39.3 Å². The van der Waals surface area contributed by atoms with Gasteiger partial charge in [-0.25, -0.2) is 9.59 Å². The number of carbonyl (C=O) groups is 2. The molecule has 27 heavy (non-hydrogen) atoms. The number of carbonyl (C=O) groups excluding carboxylic acids is 2. The number of para-hydroxylation sites is 1. The summed E-state index contributed by atoms with van der Waals surface area (Å²) < 4.78 is 10.9. The Morgan fingerprint density at radius 3 is 2.37 bits per heavy atom. The largest absolute Gasteiger partial charge is 0.492 e. The van der Waals surface area contributed by atoms with E-state index in [2.05, 4.69) is 5.32 Å². The summed E-state index contributed by atoms with van der Waals surface area (Å²) in [6.45, 7) is 8.41. The molecule has 0 aromatic heterocycles. The predicted octanol–water partition coefficient (Wildman–Crippen LogP) is 3.37. The number of halogens is 1. The molecule has 0 atom stereocenters. The molecule has 3 amide bonds. The van der Waals surface area contributed by atoms with E-state index in [-0.39, 0.29) is 12.1 Å². The van der Waals surface area contributed by atoms with Crippen LogP contribution in [0.1, 0.15) is 27.2 Å². The Bertz CT molecular complexity index is 640.